The third-order valence-corrected chi connectivity index (χ3v) is 3.42. The van der Waals surface area contributed by atoms with Crippen LogP contribution in [0.1, 0.15) is 60.0 Å². The second-order valence-corrected chi connectivity index (χ2v) is 7.08. The molecule has 0 aliphatic heterocycles. The molecule has 1 aromatic carbocycles. The van der Waals surface area contributed by atoms with Crippen molar-refractivity contribution in [2.24, 2.45) is 0 Å². The topological polar surface area (TPSA) is 83.3 Å². The highest BCUT2D eigenvalue weighted by Crippen LogP contribution is 2.10. The van der Waals surface area contributed by atoms with Gasteiger partial charge in [0.1, 0.15) is 5.60 Å². The van der Waals surface area contributed by atoms with Crippen molar-refractivity contribution in [1.29, 1.82) is 0 Å². The number of esters is 2. The van der Waals surface area contributed by atoms with Crippen LogP contribution in [0, 0.1) is 6.92 Å². The van der Waals surface area contributed by atoms with Crippen LogP contribution in [0.15, 0.2) is 30.5 Å². The normalized spacial score (nSPS) is 11.2. The van der Waals surface area contributed by atoms with E-state index < -0.39 is 11.6 Å². The third kappa shape index (κ3) is 6.31. The van der Waals surface area contributed by atoms with E-state index in [9.17, 15) is 9.59 Å². The number of carbonyl (C=O) groups is 2. The molecule has 7 heteroatoms. The first-order valence-corrected chi connectivity index (χ1v) is 8.62. The van der Waals surface area contributed by atoms with E-state index in [0.29, 0.717) is 25.1 Å². The predicted molar refractivity (Wildman–Crippen MR) is 95.9 cm³/mol. The van der Waals surface area contributed by atoms with Crippen molar-refractivity contribution < 1.29 is 19.1 Å². The van der Waals surface area contributed by atoms with Crippen molar-refractivity contribution in [3.63, 3.8) is 0 Å². The van der Waals surface area contributed by atoms with Crippen LogP contribution in [0.25, 0.3) is 0 Å². The number of aromatic nitrogens is 3. The Labute approximate surface area is 153 Å². The molecule has 2 rings (SSSR count). The quantitative estimate of drug-likeness (QED) is 0.558. The molecule has 0 radical (unpaired) electrons. The fraction of sp³-hybridized carbons (Fsp3) is 0.474. The lowest BCUT2D eigenvalue weighted by Crippen LogP contribution is -2.24. The Hall–Kier alpha value is -2.70. The summed E-state index contributed by atoms with van der Waals surface area (Å²) >= 11 is 0. The molecule has 140 valence electrons. The first-order chi connectivity index (χ1) is 12.2. The number of benzene rings is 1. The van der Waals surface area contributed by atoms with Crippen LogP contribution in [0.3, 0.4) is 0 Å². The Kier molecular flexibility index (Phi) is 6.49. The molecule has 0 spiro atoms. The maximum absolute atomic E-state index is 11.9. The van der Waals surface area contributed by atoms with Gasteiger partial charge in [-0.3, -0.25) is 4.68 Å². The first-order valence-electron chi connectivity index (χ1n) is 8.62. The zero-order valence-electron chi connectivity index (χ0n) is 15.7. The summed E-state index contributed by atoms with van der Waals surface area (Å²) in [6, 6.07) is 7.30. The Bertz CT molecular complexity index is 762. The van der Waals surface area contributed by atoms with Crippen molar-refractivity contribution in [2.45, 2.75) is 52.7 Å². The van der Waals surface area contributed by atoms with Gasteiger partial charge in [-0.05, 0) is 52.7 Å². The van der Waals surface area contributed by atoms with Crippen molar-refractivity contribution in [1.82, 2.24) is 15.0 Å². The predicted octanol–water partition coefficient (Wildman–Crippen LogP) is 3.18. The van der Waals surface area contributed by atoms with E-state index in [1.165, 1.54) is 0 Å². The molecule has 0 aliphatic rings. The summed E-state index contributed by atoms with van der Waals surface area (Å²) in [5.74, 6) is -0.808. The number of hydrogen-bond donors (Lipinski definition) is 0. The van der Waals surface area contributed by atoms with E-state index in [4.69, 9.17) is 9.47 Å². The fourth-order valence-electron chi connectivity index (χ4n) is 2.23. The highest BCUT2D eigenvalue weighted by molar-refractivity contribution is 5.89. The fourth-order valence-corrected chi connectivity index (χ4v) is 2.23. The van der Waals surface area contributed by atoms with Crippen LogP contribution in [-0.2, 0) is 16.0 Å². The van der Waals surface area contributed by atoms with Crippen LogP contribution in [0.2, 0.25) is 0 Å². The minimum absolute atomic E-state index is 0.186. The molecule has 0 fully saturated rings. The smallest absolute Gasteiger partial charge is 0.361 e. The number of unbranched alkanes of at least 4 members (excludes halogenated alkanes) is 1. The average molecular weight is 359 g/mol. The molecule has 7 nitrogen and oxygen atoms in total. The molecule has 1 heterocycles. The van der Waals surface area contributed by atoms with Gasteiger partial charge in [0.15, 0.2) is 5.69 Å². The molecule has 0 atom stereocenters. The van der Waals surface area contributed by atoms with Crippen LogP contribution < -0.4 is 0 Å². The maximum atomic E-state index is 11.9. The Morgan fingerprint density at radius 3 is 2.62 bits per heavy atom. The van der Waals surface area contributed by atoms with Gasteiger partial charge in [-0.25, -0.2) is 9.59 Å². The van der Waals surface area contributed by atoms with Crippen molar-refractivity contribution in [2.75, 3.05) is 6.61 Å². The molecule has 0 unspecified atom stereocenters. The standard InChI is InChI=1S/C19H25N3O4/c1-14-8-7-9-15(12-14)17(23)25-11-6-5-10-22-13-16(20-21-22)18(24)26-19(2,3)4/h7-9,12-13H,5-6,10-11H2,1-4H3. The summed E-state index contributed by atoms with van der Waals surface area (Å²) in [6.07, 6.45) is 3.00. The lowest BCUT2D eigenvalue weighted by atomic mass is 10.1. The van der Waals surface area contributed by atoms with Gasteiger partial charge >= 0.3 is 11.9 Å². The van der Waals surface area contributed by atoms with Gasteiger partial charge in [-0.1, -0.05) is 22.9 Å². The van der Waals surface area contributed by atoms with Gasteiger partial charge in [0.05, 0.1) is 18.4 Å². The zero-order valence-corrected chi connectivity index (χ0v) is 15.7. The molecular weight excluding hydrogens is 334 g/mol. The van der Waals surface area contributed by atoms with Gasteiger partial charge in [0.2, 0.25) is 0 Å². The molecule has 2 aromatic rings. The summed E-state index contributed by atoms with van der Waals surface area (Å²) in [4.78, 5) is 23.8. The Morgan fingerprint density at radius 1 is 1.15 bits per heavy atom. The van der Waals surface area contributed by atoms with Gasteiger partial charge in [-0.2, -0.15) is 0 Å². The molecule has 0 amide bonds. The molecule has 0 bridgehead atoms. The molecule has 0 N–H and O–H groups in total. The number of rotatable bonds is 7. The van der Waals surface area contributed by atoms with Crippen LogP contribution in [0.5, 0.6) is 0 Å². The van der Waals surface area contributed by atoms with Crippen molar-refractivity contribution in [3.05, 3.63) is 47.3 Å². The largest absolute Gasteiger partial charge is 0.462 e. The van der Waals surface area contributed by atoms with Crippen LogP contribution in [-0.4, -0.2) is 39.1 Å². The van der Waals surface area contributed by atoms with E-state index in [1.54, 1.807) is 43.8 Å². The summed E-state index contributed by atoms with van der Waals surface area (Å²) < 4.78 is 12.1. The zero-order chi connectivity index (χ0) is 19.2. The number of hydrogen-bond acceptors (Lipinski definition) is 6. The molecule has 0 saturated carbocycles. The highest BCUT2D eigenvalue weighted by atomic mass is 16.6. The van der Waals surface area contributed by atoms with E-state index in [-0.39, 0.29) is 11.7 Å². The van der Waals surface area contributed by atoms with Gasteiger partial charge < -0.3 is 9.47 Å². The second-order valence-electron chi connectivity index (χ2n) is 7.08. The Balaban J connectivity index is 1.70. The number of aryl methyl sites for hydroxylation is 2. The summed E-state index contributed by atoms with van der Waals surface area (Å²) in [6.45, 7) is 8.24. The van der Waals surface area contributed by atoms with Gasteiger partial charge in [0.25, 0.3) is 0 Å². The van der Waals surface area contributed by atoms with E-state index in [0.717, 1.165) is 12.0 Å². The third-order valence-electron chi connectivity index (χ3n) is 3.42. The summed E-state index contributed by atoms with van der Waals surface area (Å²) in [5.41, 5.74) is 1.20. The first kappa shape index (κ1) is 19.6. The molecule has 1 aromatic heterocycles. The molecule has 0 saturated heterocycles. The van der Waals surface area contributed by atoms with Gasteiger partial charge in [-0.15, -0.1) is 5.10 Å². The van der Waals surface area contributed by atoms with Crippen LogP contribution in [0.4, 0.5) is 0 Å². The highest BCUT2D eigenvalue weighted by Gasteiger charge is 2.20. The monoisotopic (exact) mass is 359 g/mol. The molecule has 26 heavy (non-hydrogen) atoms. The Morgan fingerprint density at radius 2 is 1.92 bits per heavy atom. The van der Waals surface area contributed by atoms with Crippen molar-refractivity contribution >= 4 is 11.9 Å². The van der Waals surface area contributed by atoms with E-state index in [2.05, 4.69) is 10.3 Å². The lowest BCUT2D eigenvalue weighted by Gasteiger charge is -2.18. The van der Waals surface area contributed by atoms with E-state index in [1.807, 2.05) is 19.1 Å². The number of carbonyl (C=O) groups excluding carboxylic acids is 2. The second kappa shape index (κ2) is 8.60. The van der Waals surface area contributed by atoms with Gasteiger partial charge in [0, 0.05) is 6.54 Å². The van der Waals surface area contributed by atoms with Crippen molar-refractivity contribution in [3.8, 4) is 0 Å². The lowest BCUT2D eigenvalue weighted by molar-refractivity contribution is 0.00624. The minimum Gasteiger partial charge on any atom is -0.462 e. The maximum Gasteiger partial charge on any atom is 0.361 e. The summed E-state index contributed by atoms with van der Waals surface area (Å²) in [5, 5.41) is 7.74. The molecular formula is C19H25N3O4. The number of ether oxygens (including phenoxy) is 2. The summed E-state index contributed by atoms with van der Waals surface area (Å²) in [7, 11) is 0. The minimum atomic E-state index is -0.567. The average Bonchev–Trinajstić information content (AvgIpc) is 3.02. The van der Waals surface area contributed by atoms with Crippen LogP contribution >= 0.6 is 0 Å². The molecule has 0 aliphatic carbocycles. The SMILES string of the molecule is Cc1cccc(C(=O)OCCCCn2cc(C(=O)OC(C)(C)C)nn2)c1. The number of nitrogens with zero attached hydrogens (tertiary/aromatic N) is 3. The van der Waals surface area contributed by atoms with E-state index >= 15 is 0 Å².